The number of nitrogens with one attached hydrogen (secondary N) is 1. The second-order valence-corrected chi connectivity index (χ2v) is 4.03. The minimum absolute atomic E-state index is 0.423. The highest BCUT2D eigenvalue weighted by atomic mass is 79.9. The predicted molar refractivity (Wildman–Crippen MR) is 62.6 cm³/mol. The van der Waals surface area contributed by atoms with Crippen molar-refractivity contribution in [1.82, 2.24) is 5.32 Å². The first-order valence-corrected chi connectivity index (χ1v) is 5.46. The van der Waals surface area contributed by atoms with E-state index in [0.717, 1.165) is 22.3 Å². The fraction of sp³-hybridized carbons (Fsp3) is 0.364. The van der Waals surface area contributed by atoms with Crippen molar-refractivity contribution < 1.29 is 4.74 Å². The molecule has 0 amide bonds. The standard InChI is InChI=1S/C11H13BrN2O/c1-8(6-13)15-10-3-4-11(12)9(5-10)7-14-2/h3-5,8,14H,7H2,1-2H3. The van der Waals surface area contributed by atoms with E-state index in [9.17, 15) is 0 Å². The van der Waals surface area contributed by atoms with E-state index in [1.54, 1.807) is 6.92 Å². The molecule has 1 aromatic rings. The Kier molecular flexibility index (Phi) is 4.60. The summed E-state index contributed by atoms with van der Waals surface area (Å²) in [6, 6.07) is 7.72. The lowest BCUT2D eigenvalue weighted by atomic mass is 10.2. The zero-order valence-corrected chi connectivity index (χ0v) is 10.3. The molecule has 0 aliphatic heterocycles. The van der Waals surface area contributed by atoms with Crippen LogP contribution in [0.3, 0.4) is 0 Å². The first-order valence-electron chi connectivity index (χ1n) is 4.66. The van der Waals surface area contributed by atoms with Gasteiger partial charge < -0.3 is 10.1 Å². The third-order valence-electron chi connectivity index (χ3n) is 1.88. The van der Waals surface area contributed by atoms with Gasteiger partial charge in [0.25, 0.3) is 0 Å². The minimum Gasteiger partial charge on any atom is -0.476 e. The molecular weight excluding hydrogens is 256 g/mol. The Balaban J connectivity index is 2.83. The highest BCUT2D eigenvalue weighted by Gasteiger charge is 2.04. The first kappa shape index (κ1) is 12.0. The SMILES string of the molecule is CNCc1cc(OC(C)C#N)ccc1Br. The summed E-state index contributed by atoms with van der Waals surface area (Å²) in [5, 5.41) is 11.7. The van der Waals surface area contributed by atoms with Gasteiger partial charge in [-0.15, -0.1) is 0 Å². The number of hydrogen-bond acceptors (Lipinski definition) is 3. The van der Waals surface area contributed by atoms with Gasteiger partial charge in [-0.3, -0.25) is 0 Å². The Morgan fingerprint density at radius 2 is 2.33 bits per heavy atom. The zero-order valence-electron chi connectivity index (χ0n) is 8.75. The normalized spacial score (nSPS) is 11.9. The van der Waals surface area contributed by atoms with Crippen LogP contribution in [0.4, 0.5) is 0 Å². The highest BCUT2D eigenvalue weighted by Crippen LogP contribution is 2.23. The topological polar surface area (TPSA) is 45.0 Å². The zero-order chi connectivity index (χ0) is 11.3. The van der Waals surface area contributed by atoms with Crippen molar-refractivity contribution in [2.45, 2.75) is 19.6 Å². The average Bonchev–Trinajstić information content (AvgIpc) is 2.23. The van der Waals surface area contributed by atoms with Gasteiger partial charge in [-0.25, -0.2) is 0 Å². The van der Waals surface area contributed by atoms with Crippen LogP contribution < -0.4 is 10.1 Å². The van der Waals surface area contributed by atoms with Crippen LogP contribution in [0.5, 0.6) is 5.75 Å². The molecule has 0 aliphatic carbocycles. The third kappa shape index (κ3) is 3.54. The number of nitriles is 1. The average molecular weight is 269 g/mol. The van der Waals surface area contributed by atoms with Crippen molar-refractivity contribution in [1.29, 1.82) is 5.26 Å². The highest BCUT2D eigenvalue weighted by molar-refractivity contribution is 9.10. The van der Waals surface area contributed by atoms with Crippen molar-refractivity contribution in [2.24, 2.45) is 0 Å². The third-order valence-corrected chi connectivity index (χ3v) is 2.65. The summed E-state index contributed by atoms with van der Waals surface area (Å²) in [7, 11) is 1.89. The molecule has 0 aliphatic rings. The van der Waals surface area contributed by atoms with Crippen molar-refractivity contribution in [2.75, 3.05) is 7.05 Å². The molecule has 1 unspecified atom stereocenters. The molecule has 1 rings (SSSR count). The van der Waals surface area contributed by atoms with Crippen molar-refractivity contribution >= 4 is 15.9 Å². The summed E-state index contributed by atoms with van der Waals surface area (Å²) in [4.78, 5) is 0. The van der Waals surface area contributed by atoms with E-state index in [0.29, 0.717) is 0 Å². The molecule has 0 saturated carbocycles. The predicted octanol–water partition coefficient (Wildman–Crippen LogP) is 2.46. The quantitative estimate of drug-likeness (QED) is 0.913. The summed E-state index contributed by atoms with van der Waals surface area (Å²) in [6.07, 6.45) is -0.423. The molecule has 0 bridgehead atoms. The van der Waals surface area contributed by atoms with Crippen LogP contribution in [-0.4, -0.2) is 13.2 Å². The number of rotatable bonds is 4. The molecule has 1 N–H and O–H groups in total. The van der Waals surface area contributed by atoms with Crippen LogP contribution in [0.1, 0.15) is 12.5 Å². The lowest BCUT2D eigenvalue weighted by molar-refractivity contribution is 0.276. The van der Waals surface area contributed by atoms with E-state index in [-0.39, 0.29) is 0 Å². The molecule has 1 aromatic carbocycles. The van der Waals surface area contributed by atoms with Gasteiger partial charge in [-0.2, -0.15) is 5.26 Å². The number of benzene rings is 1. The fourth-order valence-electron chi connectivity index (χ4n) is 1.18. The Morgan fingerprint density at radius 1 is 1.60 bits per heavy atom. The number of ether oxygens (including phenoxy) is 1. The van der Waals surface area contributed by atoms with Gasteiger partial charge in [0.1, 0.15) is 11.8 Å². The summed E-state index contributed by atoms with van der Waals surface area (Å²) in [6.45, 7) is 2.48. The van der Waals surface area contributed by atoms with Crippen LogP contribution in [0.15, 0.2) is 22.7 Å². The number of nitrogens with zero attached hydrogens (tertiary/aromatic N) is 1. The van der Waals surface area contributed by atoms with Gasteiger partial charge in [0, 0.05) is 11.0 Å². The largest absolute Gasteiger partial charge is 0.476 e. The van der Waals surface area contributed by atoms with Gasteiger partial charge in [0.05, 0.1) is 0 Å². The molecule has 0 radical (unpaired) electrons. The van der Waals surface area contributed by atoms with Crippen LogP contribution in [-0.2, 0) is 6.54 Å². The van der Waals surface area contributed by atoms with E-state index in [1.165, 1.54) is 0 Å². The van der Waals surface area contributed by atoms with E-state index >= 15 is 0 Å². The van der Waals surface area contributed by atoms with Crippen LogP contribution >= 0.6 is 15.9 Å². The van der Waals surface area contributed by atoms with Gasteiger partial charge in [0.2, 0.25) is 0 Å². The fourth-order valence-corrected chi connectivity index (χ4v) is 1.57. The molecule has 0 saturated heterocycles. The van der Waals surface area contributed by atoms with E-state index in [2.05, 4.69) is 21.2 Å². The molecule has 0 fully saturated rings. The van der Waals surface area contributed by atoms with Crippen molar-refractivity contribution in [3.63, 3.8) is 0 Å². The number of hydrogen-bond donors (Lipinski definition) is 1. The Labute approximate surface area is 98.2 Å². The lowest BCUT2D eigenvalue weighted by Crippen LogP contribution is -2.10. The Hall–Kier alpha value is -1.05. The second-order valence-electron chi connectivity index (χ2n) is 3.17. The molecule has 15 heavy (non-hydrogen) atoms. The van der Waals surface area contributed by atoms with Gasteiger partial charge in [-0.05, 0) is 37.7 Å². The maximum atomic E-state index is 8.63. The Morgan fingerprint density at radius 3 is 2.93 bits per heavy atom. The minimum atomic E-state index is -0.423. The molecule has 0 aromatic heterocycles. The van der Waals surface area contributed by atoms with Gasteiger partial charge >= 0.3 is 0 Å². The van der Waals surface area contributed by atoms with Crippen molar-refractivity contribution in [3.05, 3.63) is 28.2 Å². The van der Waals surface area contributed by atoms with Gasteiger partial charge in [0.15, 0.2) is 6.10 Å². The molecule has 4 heteroatoms. The second kappa shape index (κ2) is 5.74. The van der Waals surface area contributed by atoms with E-state index in [4.69, 9.17) is 10.00 Å². The summed E-state index contributed by atoms with van der Waals surface area (Å²) in [5.41, 5.74) is 1.11. The maximum absolute atomic E-state index is 8.63. The molecular formula is C11H13BrN2O. The molecule has 0 spiro atoms. The van der Waals surface area contributed by atoms with Crippen LogP contribution in [0.2, 0.25) is 0 Å². The molecule has 1 atom stereocenters. The summed E-state index contributed by atoms with van der Waals surface area (Å²) in [5.74, 6) is 0.720. The molecule has 0 heterocycles. The van der Waals surface area contributed by atoms with Crippen LogP contribution in [0.25, 0.3) is 0 Å². The summed E-state index contributed by atoms with van der Waals surface area (Å²) < 4.78 is 6.43. The first-order chi connectivity index (χ1) is 7.17. The monoisotopic (exact) mass is 268 g/mol. The van der Waals surface area contributed by atoms with E-state index < -0.39 is 6.10 Å². The number of halogens is 1. The van der Waals surface area contributed by atoms with Crippen molar-refractivity contribution in [3.8, 4) is 11.8 Å². The maximum Gasteiger partial charge on any atom is 0.181 e. The molecule has 80 valence electrons. The summed E-state index contributed by atoms with van der Waals surface area (Å²) >= 11 is 3.45. The van der Waals surface area contributed by atoms with E-state index in [1.807, 2.05) is 31.3 Å². The molecule has 3 nitrogen and oxygen atoms in total. The van der Waals surface area contributed by atoms with Crippen LogP contribution in [0, 0.1) is 11.3 Å². The lowest BCUT2D eigenvalue weighted by Gasteiger charge is -2.10. The Bertz CT molecular complexity index is 373. The smallest absolute Gasteiger partial charge is 0.181 e. The van der Waals surface area contributed by atoms with Gasteiger partial charge in [-0.1, -0.05) is 15.9 Å².